The molecule has 0 aliphatic heterocycles. The average molecular weight is 263 g/mol. The Kier molecular flexibility index (Phi) is 2.89. The van der Waals surface area contributed by atoms with Crippen LogP contribution in [-0.4, -0.2) is 0 Å². The van der Waals surface area contributed by atoms with Crippen LogP contribution >= 0.6 is 0 Å². The van der Waals surface area contributed by atoms with E-state index < -0.39 is 0 Å². The first-order chi connectivity index (χ1) is 9.83. The van der Waals surface area contributed by atoms with E-state index >= 15 is 0 Å². The molecule has 0 bridgehead atoms. The summed E-state index contributed by atoms with van der Waals surface area (Å²) in [6, 6.07) is 15.9. The van der Waals surface area contributed by atoms with E-state index in [9.17, 15) is 0 Å². The highest BCUT2D eigenvalue weighted by molar-refractivity contribution is 5.77. The quantitative estimate of drug-likeness (QED) is 0.726. The first-order valence-electron chi connectivity index (χ1n) is 7.79. The van der Waals surface area contributed by atoms with Gasteiger partial charge in [0.05, 0.1) is 0 Å². The van der Waals surface area contributed by atoms with Gasteiger partial charge in [0.2, 0.25) is 0 Å². The van der Waals surface area contributed by atoms with Crippen LogP contribution in [0.2, 0.25) is 0 Å². The van der Waals surface area contributed by atoms with E-state index in [0.29, 0.717) is 5.92 Å². The third kappa shape index (κ3) is 1.89. The van der Waals surface area contributed by atoms with Crippen molar-refractivity contribution < 1.29 is 0 Å². The van der Waals surface area contributed by atoms with Gasteiger partial charge >= 0.3 is 0 Å². The second-order valence-electron chi connectivity index (χ2n) is 6.32. The molecule has 2 aromatic rings. The monoisotopic (exact) mass is 263 g/mol. The number of rotatable bonds is 2. The highest BCUT2D eigenvalue weighted by atomic mass is 14.7. The Bertz CT molecular complexity index is 638. The Hall–Kier alpha value is -1.60. The SMILES string of the molecule is N[C@@H](c1ccc2c(c1)Cc1ccccc1-2)C1CCCC1. The lowest BCUT2D eigenvalue weighted by atomic mass is 9.90. The minimum Gasteiger partial charge on any atom is -0.324 e. The van der Waals surface area contributed by atoms with Crippen molar-refractivity contribution in [2.75, 3.05) is 0 Å². The summed E-state index contributed by atoms with van der Waals surface area (Å²) in [5, 5.41) is 0. The molecule has 1 fully saturated rings. The Balaban J connectivity index is 1.68. The topological polar surface area (TPSA) is 26.0 Å². The summed E-state index contributed by atoms with van der Waals surface area (Å²) in [5.74, 6) is 0.692. The molecule has 0 amide bonds. The summed E-state index contributed by atoms with van der Waals surface area (Å²) in [4.78, 5) is 0. The molecule has 0 aromatic heterocycles. The molecule has 1 nitrogen and oxygen atoms in total. The van der Waals surface area contributed by atoms with Crippen molar-refractivity contribution >= 4 is 0 Å². The maximum Gasteiger partial charge on any atom is 0.0323 e. The van der Waals surface area contributed by atoms with Crippen LogP contribution in [0.3, 0.4) is 0 Å². The summed E-state index contributed by atoms with van der Waals surface area (Å²) >= 11 is 0. The zero-order chi connectivity index (χ0) is 13.5. The first kappa shape index (κ1) is 12.2. The van der Waals surface area contributed by atoms with Gasteiger partial charge in [-0.1, -0.05) is 55.3 Å². The predicted octanol–water partition coefficient (Wildman–Crippen LogP) is 4.45. The predicted molar refractivity (Wildman–Crippen MR) is 83.6 cm³/mol. The van der Waals surface area contributed by atoms with Gasteiger partial charge in [-0.05, 0) is 53.0 Å². The minimum absolute atomic E-state index is 0.228. The molecule has 20 heavy (non-hydrogen) atoms. The van der Waals surface area contributed by atoms with Crippen LogP contribution in [0.25, 0.3) is 11.1 Å². The van der Waals surface area contributed by atoms with E-state index in [2.05, 4.69) is 42.5 Å². The third-order valence-corrected chi connectivity index (χ3v) is 5.11. The molecule has 102 valence electrons. The second-order valence-corrected chi connectivity index (χ2v) is 6.32. The van der Waals surface area contributed by atoms with E-state index in [1.807, 2.05) is 0 Å². The molecule has 1 saturated carbocycles. The molecule has 0 radical (unpaired) electrons. The maximum atomic E-state index is 6.50. The molecule has 4 rings (SSSR count). The van der Waals surface area contributed by atoms with Gasteiger partial charge in [-0.25, -0.2) is 0 Å². The van der Waals surface area contributed by atoms with E-state index in [-0.39, 0.29) is 6.04 Å². The molecule has 0 heterocycles. The summed E-state index contributed by atoms with van der Waals surface area (Å²) in [5.41, 5.74) is 13.6. The molecular formula is C19H21N. The fourth-order valence-electron chi connectivity index (χ4n) is 3.96. The Morgan fingerprint density at radius 3 is 2.50 bits per heavy atom. The van der Waals surface area contributed by atoms with E-state index in [4.69, 9.17) is 5.73 Å². The summed E-state index contributed by atoms with van der Waals surface area (Å²) in [7, 11) is 0. The van der Waals surface area contributed by atoms with Crippen molar-refractivity contribution in [3.05, 3.63) is 59.2 Å². The summed E-state index contributed by atoms with van der Waals surface area (Å²) in [6.07, 6.45) is 6.39. The minimum atomic E-state index is 0.228. The fraction of sp³-hybridized carbons (Fsp3) is 0.368. The Morgan fingerprint density at radius 2 is 1.65 bits per heavy atom. The fourth-order valence-corrected chi connectivity index (χ4v) is 3.96. The standard InChI is InChI=1S/C19H21N/c20-19(13-5-1-2-6-13)15-9-10-18-16(12-15)11-14-7-3-4-8-17(14)18/h3-4,7-10,12-13,19H,1-2,5-6,11,20H2/t19-/m1/s1. The zero-order valence-corrected chi connectivity index (χ0v) is 11.8. The van der Waals surface area contributed by atoms with Crippen LogP contribution in [-0.2, 0) is 6.42 Å². The van der Waals surface area contributed by atoms with E-state index in [0.717, 1.165) is 6.42 Å². The lowest BCUT2D eigenvalue weighted by molar-refractivity contribution is 0.445. The number of hydrogen-bond donors (Lipinski definition) is 1. The van der Waals surface area contributed by atoms with Gasteiger partial charge in [0.15, 0.2) is 0 Å². The van der Waals surface area contributed by atoms with E-state index in [1.54, 1.807) is 0 Å². The van der Waals surface area contributed by atoms with Crippen LogP contribution in [0.15, 0.2) is 42.5 Å². The second kappa shape index (κ2) is 4.75. The number of fused-ring (bicyclic) bond motifs is 3. The highest BCUT2D eigenvalue weighted by Gasteiger charge is 2.25. The van der Waals surface area contributed by atoms with Crippen LogP contribution in [0.5, 0.6) is 0 Å². The average Bonchev–Trinajstić information content (AvgIpc) is 3.13. The number of nitrogens with two attached hydrogens (primary N) is 1. The first-order valence-corrected chi connectivity index (χ1v) is 7.79. The van der Waals surface area contributed by atoms with Crippen LogP contribution in [0.4, 0.5) is 0 Å². The molecule has 0 saturated heterocycles. The number of benzene rings is 2. The van der Waals surface area contributed by atoms with Gasteiger partial charge in [-0.2, -0.15) is 0 Å². The van der Waals surface area contributed by atoms with Gasteiger partial charge in [0, 0.05) is 6.04 Å². The largest absolute Gasteiger partial charge is 0.324 e. The van der Waals surface area contributed by atoms with E-state index in [1.165, 1.54) is 53.5 Å². The molecule has 2 aliphatic carbocycles. The normalized spacial score (nSPS) is 18.9. The van der Waals surface area contributed by atoms with Crippen molar-refractivity contribution in [3.63, 3.8) is 0 Å². The van der Waals surface area contributed by atoms with Crippen molar-refractivity contribution in [1.82, 2.24) is 0 Å². The Morgan fingerprint density at radius 1 is 0.900 bits per heavy atom. The van der Waals surface area contributed by atoms with Gasteiger partial charge < -0.3 is 5.73 Å². The lowest BCUT2D eigenvalue weighted by Crippen LogP contribution is -2.19. The van der Waals surface area contributed by atoms with Crippen LogP contribution < -0.4 is 5.73 Å². The Labute approximate surface area is 120 Å². The van der Waals surface area contributed by atoms with Crippen LogP contribution in [0, 0.1) is 5.92 Å². The van der Waals surface area contributed by atoms with Crippen molar-refractivity contribution in [1.29, 1.82) is 0 Å². The zero-order valence-electron chi connectivity index (χ0n) is 11.8. The molecule has 1 heteroatoms. The molecule has 1 atom stereocenters. The van der Waals surface area contributed by atoms with Crippen LogP contribution in [0.1, 0.15) is 48.4 Å². The van der Waals surface area contributed by atoms with Crippen molar-refractivity contribution in [3.8, 4) is 11.1 Å². The van der Waals surface area contributed by atoms with Gasteiger partial charge in [0.25, 0.3) is 0 Å². The molecule has 2 aromatic carbocycles. The van der Waals surface area contributed by atoms with Gasteiger partial charge in [0.1, 0.15) is 0 Å². The summed E-state index contributed by atoms with van der Waals surface area (Å²) in [6.45, 7) is 0. The molecule has 0 unspecified atom stereocenters. The molecular weight excluding hydrogens is 242 g/mol. The molecule has 2 N–H and O–H groups in total. The highest BCUT2D eigenvalue weighted by Crippen LogP contribution is 2.39. The van der Waals surface area contributed by atoms with Gasteiger partial charge in [-0.3, -0.25) is 0 Å². The third-order valence-electron chi connectivity index (χ3n) is 5.11. The lowest BCUT2D eigenvalue weighted by Gasteiger charge is -2.20. The van der Waals surface area contributed by atoms with Crippen molar-refractivity contribution in [2.45, 2.75) is 38.1 Å². The molecule has 2 aliphatic rings. The van der Waals surface area contributed by atoms with Gasteiger partial charge in [-0.15, -0.1) is 0 Å². The maximum absolute atomic E-state index is 6.50. The van der Waals surface area contributed by atoms with Crippen molar-refractivity contribution in [2.24, 2.45) is 11.7 Å². The smallest absolute Gasteiger partial charge is 0.0323 e. The number of hydrogen-bond acceptors (Lipinski definition) is 1. The summed E-state index contributed by atoms with van der Waals surface area (Å²) < 4.78 is 0. The molecule has 0 spiro atoms.